The third-order valence-electron chi connectivity index (χ3n) is 2.09. The number of rotatable bonds is 3. The van der Waals surface area contributed by atoms with E-state index in [0.717, 1.165) is 23.7 Å². The van der Waals surface area contributed by atoms with Crippen LogP contribution in [0, 0.1) is 0 Å². The molecule has 0 aromatic heterocycles. The van der Waals surface area contributed by atoms with Gasteiger partial charge in [0.2, 0.25) is 0 Å². The molecule has 2 N–H and O–H groups in total. The Morgan fingerprint density at radius 1 is 1.46 bits per heavy atom. The van der Waals surface area contributed by atoms with Gasteiger partial charge in [0.15, 0.2) is 0 Å². The van der Waals surface area contributed by atoms with Gasteiger partial charge in [-0.05, 0) is 19.1 Å². The number of hydrogen-bond donors (Lipinski definition) is 1. The van der Waals surface area contributed by atoms with Crippen LogP contribution in [0.4, 0.5) is 11.4 Å². The summed E-state index contributed by atoms with van der Waals surface area (Å²) in [5.41, 5.74) is 7.44. The van der Waals surface area contributed by atoms with E-state index in [4.69, 9.17) is 10.5 Å². The summed E-state index contributed by atoms with van der Waals surface area (Å²) in [4.78, 5) is 2.11. The first-order chi connectivity index (χ1) is 6.19. The molecule has 3 nitrogen and oxygen atoms in total. The highest BCUT2D eigenvalue weighted by atomic mass is 16.5. The summed E-state index contributed by atoms with van der Waals surface area (Å²) >= 11 is 0. The Hall–Kier alpha value is -1.38. The van der Waals surface area contributed by atoms with Crippen LogP contribution in [0.3, 0.4) is 0 Å². The largest absolute Gasteiger partial charge is 0.495 e. The molecular weight excluding hydrogens is 164 g/mol. The Morgan fingerprint density at radius 2 is 2.15 bits per heavy atom. The van der Waals surface area contributed by atoms with Gasteiger partial charge in [0.1, 0.15) is 5.75 Å². The summed E-state index contributed by atoms with van der Waals surface area (Å²) in [5.74, 6) is 0.823. The van der Waals surface area contributed by atoms with Gasteiger partial charge in [0, 0.05) is 25.3 Å². The summed E-state index contributed by atoms with van der Waals surface area (Å²) < 4.78 is 5.23. The Balaban J connectivity index is 3.05. The summed E-state index contributed by atoms with van der Waals surface area (Å²) in [6.07, 6.45) is 0. The highest BCUT2D eigenvalue weighted by Gasteiger charge is 2.05. The lowest BCUT2D eigenvalue weighted by atomic mass is 10.2. The van der Waals surface area contributed by atoms with E-state index < -0.39 is 0 Å². The van der Waals surface area contributed by atoms with Crippen molar-refractivity contribution < 1.29 is 4.74 Å². The van der Waals surface area contributed by atoms with Crippen molar-refractivity contribution in [2.45, 2.75) is 6.92 Å². The lowest BCUT2D eigenvalue weighted by molar-refractivity contribution is 0.415. The highest BCUT2D eigenvalue weighted by molar-refractivity contribution is 5.63. The number of nitrogen functional groups attached to an aromatic ring is 1. The average Bonchev–Trinajstić information content (AvgIpc) is 2.16. The molecule has 0 fully saturated rings. The van der Waals surface area contributed by atoms with Gasteiger partial charge < -0.3 is 15.4 Å². The van der Waals surface area contributed by atoms with Crippen LogP contribution in [0.15, 0.2) is 18.2 Å². The third-order valence-corrected chi connectivity index (χ3v) is 2.09. The van der Waals surface area contributed by atoms with Gasteiger partial charge in [-0.15, -0.1) is 0 Å². The average molecular weight is 180 g/mol. The van der Waals surface area contributed by atoms with Crippen LogP contribution >= 0.6 is 0 Å². The number of nitrogens with zero attached hydrogens (tertiary/aromatic N) is 1. The van der Waals surface area contributed by atoms with Crippen molar-refractivity contribution in [3.8, 4) is 5.75 Å². The van der Waals surface area contributed by atoms with Crippen molar-refractivity contribution in [1.82, 2.24) is 0 Å². The molecule has 0 unspecified atom stereocenters. The molecule has 72 valence electrons. The zero-order valence-electron chi connectivity index (χ0n) is 8.37. The van der Waals surface area contributed by atoms with Crippen LogP contribution in [0.1, 0.15) is 6.92 Å². The molecule has 13 heavy (non-hydrogen) atoms. The lowest BCUT2D eigenvalue weighted by Gasteiger charge is -2.19. The van der Waals surface area contributed by atoms with Crippen LogP contribution in [-0.2, 0) is 0 Å². The minimum absolute atomic E-state index is 0.727. The molecule has 1 aromatic carbocycles. The van der Waals surface area contributed by atoms with Gasteiger partial charge in [-0.3, -0.25) is 0 Å². The van der Waals surface area contributed by atoms with Gasteiger partial charge in [0.25, 0.3) is 0 Å². The molecule has 0 radical (unpaired) electrons. The molecule has 0 atom stereocenters. The van der Waals surface area contributed by atoms with Gasteiger partial charge >= 0.3 is 0 Å². The number of anilines is 2. The first-order valence-corrected chi connectivity index (χ1v) is 4.33. The summed E-state index contributed by atoms with van der Waals surface area (Å²) in [5, 5.41) is 0. The monoisotopic (exact) mass is 180 g/mol. The van der Waals surface area contributed by atoms with Crippen LogP contribution < -0.4 is 15.4 Å². The second kappa shape index (κ2) is 4.03. The molecule has 0 aliphatic rings. The topological polar surface area (TPSA) is 38.5 Å². The summed E-state index contributed by atoms with van der Waals surface area (Å²) in [6, 6.07) is 5.68. The molecule has 0 amide bonds. The fraction of sp³-hybridized carbons (Fsp3) is 0.400. The van der Waals surface area contributed by atoms with Gasteiger partial charge in [-0.25, -0.2) is 0 Å². The molecule has 0 spiro atoms. The van der Waals surface area contributed by atoms with Crippen molar-refractivity contribution >= 4 is 11.4 Å². The number of methoxy groups -OCH3 is 1. The van der Waals surface area contributed by atoms with E-state index in [2.05, 4.69) is 11.8 Å². The fourth-order valence-corrected chi connectivity index (χ4v) is 1.18. The van der Waals surface area contributed by atoms with Crippen molar-refractivity contribution in [2.75, 3.05) is 31.3 Å². The van der Waals surface area contributed by atoms with Crippen LogP contribution in [0.2, 0.25) is 0 Å². The van der Waals surface area contributed by atoms with Crippen LogP contribution in [0.25, 0.3) is 0 Å². The second-order valence-corrected chi connectivity index (χ2v) is 2.95. The molecule has 0 aliphatic heterocycles. The van der Waals surface area contributed by atoms with Crippen LogP contribution in [-0.4, -0.2) is 20.7 Å². The predicted octanol–water partition coefficient (Wildman–Crippen LogP) is 1.73. The van der Waals surface area contributed by atoms with E-state index in [0.29, 0.717) is 0 Å². The third kappa shape index (κ3) is 2.05. The Morgan fingerprint density at radius 3 is 2.69 bits per heavy atom. The Bertz CT molecular complexity index is 286. The summed E-state index contributed by atoms with van der Waals surface area (Å²) in [6.45, 7) is 3.04. The second-order valence-electron chi connectivity index (χ2n) is 2.95. The van der Waals surface area contributed by atoms with Crippen molar-refractivity contribution in [3.05, 3.63) is 18.2 Å². The van der Waals surface area contributed by atoms with Crippen LogP contribution in [0.5, 0.6) is 5.75 Å². The van der Waals surface area contributed by atoms with E-state index >= 15 is 0 Å². The molecular formula is C10H16N2O. The minimum atomic E-state index is 0.727. The van der Waals surface area contributed by atoms with E-state index in [1.807, 2.05) is 25.2 Å². The molecule has 0 saturated heterocycles. The summed E-state index contributed by atoms with van der Waals surface area (Å²) in [7, 11) is 3.68. The Labute approximate surface area is 79.1 Å². The van der Waals surface area contributed by atoms with Crippen molar-refractivity contribution in [2.24, 2.45) is 0 Å². The molecule has 1 aromatic rings. The molecule has 3 heteroatoms. The van der Waals surface area contributed by atoms with Gasteiger partial charge in [0.05, 0.1) is 12.8 Å². The first-order valence-electron chi connectivity index (χ1n) is 4.33. The molecule has 0 aliphatic carbocycles. The maximum atomic E-state index is 5.65. The van der Waals surface area contributed by atoms with Gasteiger partial charge in [-0.2, -0.15) is 0 Å². The normalized spacial score (nSPS) is 9.77. The number of benzene rings is 1. The lowest BCUT2D eigenvalue weighted by Crippen LogP contribution is -2.16. The predicted molar refractivity (Wildman–Crippen MR) is 56.4 cm³/mol. The number of hydrogen-bond acceptors (Lipinski definition) is 3. The number of ether oxygens (including phenoxy) is 1. The van der Waals surface area contributed by atoms with E-state index in [1.165, 1.54) is 0 Å². The first kappa shape index (κ1) is 9.71. The van der Waals surface area contributed by atoms with Crippen molar-refractivity contribution in [3.63, 3.8) is 0 Å². The zero-order valence-corrected chi connectivity index (χ0v) is 8.37. The van der Waals surface area contributed by atoms with Gasteiger partial charge in [-0.1, -0.05) is 0 Å². The molecule has 0 bridgehead atoms. The Kier molecular flexibility index (Phi) is 3.01. The SMILES string of the molecule is CCN(C)c1ccc(N)cc1OC. The smallest absolute Gasteiger partial charge is 0.144 e. The quantitative estimate of drug-likeness (QED) is 0.720. The fourth-order valence-electron chi connectivity index (χ4n) is 1.18. The van der Waals surface area contributed by atoms with Crippen molar-refractivity contribution in [1.29, 1.82) is 0 Å². The zero-order chi connectivity index (χ0) is 9.84. The maximum Gasteiger partial charge on any atom is 0.144 e. The molecule has 0 heterocycles. The van der Waals surface area contributed by atoms with E-state index in [-0.39, 0.29) is 0 Å². The molecule has 0 saturated carbocycles. The standard InChI is InChI=1S/C10H16N2O/c1-4-12(2)9-6-5-8(11)7-10(9)13-3/h5-7H,4,11H2,1-3H3. The van der Waals surface area contributed by atoms with E-state index in [9.17, 15) is 0 Å². The van der Waals surface area contributed by atoms with E-state index in [1.54, 1.807) is 7.11 Å². The molecule has 1 rings (SSSR count). The number of nitrogens with two attached hydrogens (primary N) is 1. The minimum Gasteiger partial charge on any atom is -0.495 e. The highest BCUT2D eigenvalue weighted by Crippen LogP contribution is 2.28. The maximum absolute atomic E-state index is 5.65.